The second-order valence-corrected chi connectivity index (χ2v) is 5.67. The van der Waals surface area contributed by atoms with Crippen LogP contribution >= 0.6 is 11.6 Å². The van der Waals surface area contributed by atoms with E-state index in [1.165, 1.54) is 0 Å². The summed E-state index contributed by atoms with van der Waals surface area (Å²) in [4.78, 5) is 11.9. The minimum Gasteiger partial charge on any atom is -0.349 e. The van der Waals surface area contributed by atoms with Gasteiger partial charge in [-0.05, 0) is 24.1 Å². The Morgan fingerprint density at radius 1 is 1.29 bits per heavy atom. The first-order chi connectivity index (χ1) is 7.84. The molecule has 0 aliphatic heterocycles. The van der Waals surface area contributed by atoms with Crippen molar-refractivity contribution in [2.75, 3.05) is 0 Å². The fourth-order valence-corrected chi connectivity index (χ4v) is 1.62. The van der Waals surface area contributed by atoms with Crippen molar-refractivity contribution in [3.63, 3.8) is 0 Å². The molecule has 3 heteroatoms. The lowest BCUT2D eigenvalue weighted by Gasteiger charge is -2.24. The van der Waals surface area contributed by atoms with Gasteiger partial charge in [-0.1, -0.05) is 51.4 Å². The van der Waals surface area contributed by atoms with E-state index in [1.807, 2.05) is 45.0 Å². The Morgan fingerprint density at radius 2 is 1.82 bits per heavy atom. The van der Waals surface area contributed by atoms with Gasteiger partial charge in [0, 0.05) is 10.4 Å². The summed E-state index contributed by atoms with van der Waals surface area (Å²) in [5.74, 6) is 0.0688. The van der Waals surface area contributed by atoms with E-state index in [0.29, 0.717) is 5.02 Å². The molecule has 1 atom stereocenters. The minimum atomic E-state index is -0.361. The van der Waals surface area contributed by atoms with E-state index >= 15 is 0 Å². The van der Waals surface area contributed by atoms with Crippen LogP contribution in [-0.2, 0) is 4.79 Å². The highest BCUT2D eigenvalue weighted by Gasteiger charge is 2.23. The van der Waals surface area contributed by atoms with Crippen molar-refractivity contribution in [1.29, 1.82) is 0 Å². The number of hydrogen-bond acceptors (Lipinski definition) is 1. The molecule has 1 amide bonds. The van der Waals surface area contributed by atoms with E-state index in [4.69, 9.17) is 11.6 Å². The van der Waals surface area contributed by atoms with Crippen LogP contribution in [0.4, 0.5) is 0 Å². The van der Waals surface area contributed by atoms with Gasteiger partial charge in [-0.15, -0.1) is 0 Å². The average molecular weight is 254 g/mol. The summed E-state index contributed by atoms with van der Waals surface area (Å²) in [6, 6.07) is 7.67. The molecule has 1 rings (SSSR count). The van der Waals surface area contributed by atoms with Gasteiger partial charge < -0.3 is 5.32 Å². The topological polar surface area (TPSA) is 29.1 Å². The van der Waals surface area contributed by atoms with Crippen molar-refractivity contribution in [3.8, 4) is 0 Å². The highest BCUT2D eigenvalue weighted by atomic mass is 35.5. The largest absolute Gasteiger partial charge is 0.349 e. The van der Waals surface area contributed by atoms with E-state index in [2.05, 4.69) is 12.2 Å². The number of halogens is 1. The predicted molar refractivity (Wildman–Crippen MR) is 72.1 cm³/mol. The maximum atomic E-state index is 11.9. The summed E-state index contributed by atoms with van der Waals surface area (Å²) in [5.41, 5.74) is 0.731. The maximum Gasteiger partial charge on any atom is 0.225 e. The Hall–Kier alpha value is -1.02. The zero-order chi connectivity index (χ0) is 13.1. The molecule has 1 unspecified atom stereocenters. The minimum absolute atomic E-state index is 0.0546. The van der Waals surface area contributed by atoms with E-state index in [9.17, 15) is 4.79 Å². The number of rotatable bonds is 3. The second-order valence-electron chi connectivity index (χ2n) is 5.24. The van der Waals surface area contributed by atoms with Crippen LogP contribution in [0.5, 0.6) is 0 Å². The molecule has 0 saturated heterocycles. The van der Waals surface area contributed by atoms with Crippen molar-refractivity contribution >= 4 is 17.5 Å². The Labute approximate surface area is 108 Å². The van der Waals surface area contributed by atoms with Gasteiger partial charge in [0.05, 0.1) is 6.04 Å². The van der Waals surface area contributed by atoms with E-state index in [-0.39, 0.29) is 17.4 Å². The average Bonchev–Trinajstić information content (AvgIpc) is 2.25. The van der Waals surface area contributed by atoms with Crippen molar-refractivity contribution in [1.82, 2.24) is 5.32 Å². The number of amides is 1. The molecule has 0 bridgehead atoms. The third-order valence-corrected chi connectivity index (χ3v) is 2.92. The van der Waals surface area contributed by atoms with Crippen molar-refractivity contribution in [3.05, 3.63) is 34.9 Å². The third-order valence-electron chi connectivity index (χ3n) is 2.67. The smallest absolute Gasteiger partial charge is 0.225 e. The van der Waals surface area contributed by atoms with Gasteiger partial charge in [-0.25, -0.2) is 0 Å². The Kier molecular flexibility index (Phi) is 4.58. The van der Waals surface area contributed by atoms with Gasteiger partial charge in [0.25, 0.3) is 0 Å². The molecule has 17 heavy (non-hydrogen) atoms. The number of carbonyl (C=O) groups excluding carboxylic acids is 1. The molecule has 0 aromatic heterocycles. The molecule has 0 spiro atoms. The van der Waals surface area contributed by atoms with Crippen LogP contribution < -0.4 is 5.32 Å². The summed E-state index contributed by atoms with van der Waals surface area (Å²) in [6.45, 7) is 7.80. The molecule has 0 saturated carbocycles. The van der Waals surface area contributed by atoms with E-state index < -0.39 is 0 Å². The molecule has 2 nitrogen and oxygen atoms in total. The predicted octanol–water partition coefficient (Wildman–Crippen LogP) is 3.95. The molecule has 0 fully saturated rings. The lowest BCUT2D eigenvalue weighted by molar-refractivity contribution is -0.129. The molecule has 1 N–H and O–H groups in total. The molecular weight excluding hydrogens is 234 g/mol. The van der Waals surface area contributed by atoms with Crippen LogP contribution in [0, 0.1) is 5.41 Å². The van der Waals surface area contributed by atoms with Crippen LogP contribution in [0.1, 0.15) is 45.7 Å². The van der Waals surface area contributed by atoms with Gasteiger partial charge >= 0.3 is 0 Å². The summed E-state index contributed by atoms with van der Waals surface area (Å²) >= 11 is 5.85. The van der Waals surface area contributed by atoms with Crippen molar-refractivity contribution in [2.45, 2.75) is 40.2 Å². The quantitative estimate of drug-likeness (QED) is 0.868. The summed E-state index contributed by atoms with van der Waals surface area (Å²) in [5, 5.41) is 3.77. The van der Waals surface area contributed by atoms with Crippen LogP contribution in [0.15, 0.2) is 24.3 Å². The zero-order valence-electron chi connectivity index (χ0n) is 10.9. The zero-order valence-corrected chi connectivity index (χ0v) is 11.6. The molecule has 0 aliphatic carbocycles. The van der Waals surface area contributed by atoms with Crippen LogP contribution in [0.25, 0.3) is 0 Å². The normalized spacial score (nSPS) is 13.2. The molecule has 1 aromatic rings. The molecule has 0 radical (unpaired) electrons. The van der Waals surface area contributed by atoms with Crippen LogP contribution in [0.2, 0.25) is 5.02 Å². The van der Waals surface area contributed by atoms with Gasteiger partial charge in [0.2, 0.25) is 5.91 Å². The molecule has 0 aliphatic rings. The second kappa shape index (κ2) is 5.54. The number of nitrogens with one attached hydrogen (secondary N) is 1. The van der Waals surface area contributed by atoms with Crippen LogP contribution in [0.3, 0.4) is 0 Å². The van der Waals surface area contributed by atoms with Gasteiger partial charge in [-0.2, -0.15) is 0 Å². The third kappa shape index (κ3) is 4.04. The molecule has 1 aromatic carbocycles. The SMILES string of the molecule is CCC(NC(=O)C(C)(C)C)c1ccc(Cl)cc1. The first-order valence-electron chi connectivity index (χ1n) is 5.91. The Bertz CT molecular complexity index is 378. The van der Waals surface area contributed by atoms with Gasteiger partial charge in [0.15, 0.2) is 0 Å². The first-order valence-corrected chi connectivity index (χ1v) is 6.29. The number of hydrogen-bond donors (Lipinski definition) is 1. The molecule has 94 valence electrons. The van der Waals surface area contributed by atoms with Crippen molar-refractivity contribution < 1.29 is 4.79 Å². The lowest BCUT2D eigenvalue weighted by Crippen LogP contribution is -2.37. The fourth-order valence-electron chi connectivity index (χ4n) is 1.49. The monoisotopic (exact) mass is 253 g/mol. The first kappa shape index (κ1) is 14.0. The number of benzene rings is 1. The maximum absolute atomic E-state index is 11.9. The molecule has 0 heterocycles. The highest BCUT2D eigenvalue weighted by Crippen LogP contribution is 2.21. The Morgan fingerprint density at radius 3 is 2.24 bits per heavy atom. The summed E-state index contributed by atoms with van der Waals surface area (Å²) < 4.78 is 0. The van der Waals surface area contributed by atoms with E-state index in [0.717, 1.165) is 12.0 Å². The fraction of sp³-hybridized carbons (Fsp3) is 0.500. The molecular formula is C14H20ClNO. The van der Waals surface area contributed by atoms with Gasteiger partial charge in [0.1, 0.15) is 0 Å². The number of carbonyl (C=O) groups is 1. The Balaban J connectivity index is 2.79. The summed E-state index contributed by atoms with van der Waals surface area (Å²) in [7, 11) is 0. The van der Waals surface area contributed by atoms with Crippen LogP contribution in [-0.4, -0.2) is 5.91 Å². The highest BCUT2D eigenvalue weighted by molar-refractivity contribution is 6.30. The standard InChI is InChI=1S/C14H20ClNO/c1-5-12(16-13(17)14(2,3)4)10-6-8-11(15)9-7-10/h6-9,12H,5H2,1-4H3,(H,16,17). The van der Waals surface area contributed by atoms with E-state index in [1.54, 1.807) is 0 Å². The van der Waals surface area contributed by atoms with Crippen molar-refractivity contribution in [2.24, 2.45) is 5.41 Å². The summed E-state index contributed by atoms with van der Waals surface area (Å²) in [6.07, 6.45) is 0.865. The van der Waals surface area contributed by atoms with Gasteiger partial charge in [-0.3, -0.25) is 4.79 Å². The lowest BCUT2D eigenvalue weighted by atomic mass is 9.94.